The highest BCUT2D eigenvalue weighted by Gasteiger charge is 2.07. The molecule has 0 aliphatic heterocycles. The summed E-state index contributed by atoms with van der Waals surface area (Å²) in [7, 11) is 0. The molecule has 1 heteroatoms. The minimum Gasteiger partial charge on any atom is -0.135 e. The summed E-state index contributed by atoms with van der Waals surface area (Å²) in [6.07, 6.45) is 0. The van der Waals surface area contributed by atoms with Crippen LogP contribution >= 0.6 is 11.3 Å². The van der Waals surface area contributed by atoms with Crippen molar-refractivity contribution >= 4 is 42.3 Å². The summed E-state index contributed by atoms with van der Waals surface area (Å²) in [6.45, 7) is 2.16. The van der Waals surface area contributed by atoms with Crippen LogP contribution in [0.25, 0.3) is 30.9 Å². The molecule has 0 atom stereocenters. The average Bonchev–Trinajstić information content (AvgIpc) is 2.77. The summed E-state index contributed by atoms with van der Waals surface area (Å²) in [6, 6.07) is 19.9. The van der Waals surface area contributed by atoms with Crippen LogP contribution in [-0.2, 0) is 0 Å². The molecule has 18 heavy (non-hydrogen) atoms. The van der Waals surface area contributed by atoms with Gasteiger partial charge in [0.25, 0.3) is 0 Å². The first-order valence-corrected chi connectivity index (χ1v) is 6.95. The molecule has 0 aliphatic rings. The van der Waals surface area contributed by atoms with E-state index in [2.05, 4.69) is 61.5 Å². The second-order valence-corrected chi connectivity index (χ2v) is 5.85. The molecule has 1 heterocycles. The Morgan fingerprint density at radius 1 is 0.778 bits per heavy atom. The summed E-state index contributed by atoms with van der Waals surface area (Å²) >= 11 is 1.88. The Bertz CT molecular complexity index is 884. The normalized spacial score (nSPS) is 11.6. The molecule has 4 rings (SSSR count). The molecule has 0 unspecified atom stereocenters. The second-order valence-electron chi connectivity index (χ2n) is 4.76. The Hall–Kier alpha value is -1.86. The monoisotopic (exact) mass is 248 g/mol. The lowest BCUT2D eigenvalue weighted by molar-refractivity contribution is 1.51. The summed E-state index contributed by atoms with van der Waals surface area (Å²) in [4.78, 5) is 0. The number of rotatable bonds is 0. The maximum Gasteiger partial charge on any atom is 0.0361 e. The van der Waals surface area contributed by atoms with Crippen LogP contribution in [0.2, 0.25) is 0 Å². The van der Waals surface area contributed by atoms with Gasteiger partial charge in [-0.25, -0.2) is 0 Å². The van der Waals surface area contributed by atoms with Crippen LogP contribution in [0.1, 0.15) is 5.56 Å². The van der Waals surface area contributed by atoms with Gasteiger partial charge in [-0.05, 0) is 29.8 Å². The molecule has 0 saturated heterocycles. The van der Waals surface area contributed by atoms with Crippen LogP contribution in [-0.4, -0.2) is 0 Å². The van der Waals surface area contributed by atoms with Crippen LogP contribution in [0.15, 0.2) is 54.6 Å². The number of thiophene rings is 1. The van der Waals surface area contributed by atoms with E-state index >= 15 is 0 Å². The zero-order valence-electron chi connectivity index (χ0n) is 10.1. The van der Waals surface area contributed by atoms with Gasteiger partial charge in [0.15, 0.2) is 0 Å². The van der Waals surface area contributed by atoms with Gasteiger partial charge in [0.05, 0.1) is 0 Å². The van der Waals surface area contributed by atoms with E-state index in [0.717, 1.165) is 0 Å². The van der Waals surface area contributed by atoms with Gasteiger partial charge in [0.2, 0.25) is 0 Å². The predicted octanol–water partition coefficient (Wildman–Crippen LogP) is 5.52. The Balaban J connectivity index is 2.35. The van der Waals surface area contributed by atoms with E-state index in [9.17, 15) is 0 Å². The fourth-order valence-corrected chi connectivity index (χ4v) is 3.78. The molecule has 0 amide bonds. The molecule has 0 spiro atoms. The van der Waals surface area contributed by atoms with Gasteiger partial charge in [0.1, 0.15) is 0 Å². The average molecular weight is 248 g/mol. The van der Waals surface area contributed by atoms with E-state index in [1.54, 1.807) is 0 Å². The highest BCUT2D eigenvalue weighted by molar-refractivity contribution is 7.26. The lowest BCUT2D eigenvalue weighted by atomic mass is 10.0. The van der Waals surface area contributed by atoms with Crippen molar-refractivity contribution in [1.82, 2.24) is 0 Å². The summed E-state index contributed by atoms with van der Waals surface area (Å²) in [5.41, 5.74) is 1.32. The standard InChI is InChI=1S/C17H12S/c1-11-6-7-12-8-9-16-17(14(12)10-11)13-4-2-3-5-15(13)18-16/h2-10H,1H3. The minimum absolute atomic E-state index is 1.32. The molecule has 0 radical (unpaired) electrons. The van der Waals surface area contributed by atoms with E-state index in [4.69, 9.17) is 0 Å². The SMILES string of the molecule is Cc1ccc2ccc3sc4ccccc4c3c2c1. The number of aryl methyl sites for hydroxylation is 1. The zero-order chi connectivity index (χ0) is 12.1. The molecule has 86 valence electrons. The third-order valence-electron chi connectivity index (χ3n) is 3.52. The van der Waals surface area contributed by atoms with E-state index in [1.165, 1.54) is 36.5 Å². The van der Waals surface area contributed by atoms with Crippen LogP contribution in [0, 0.1) is 6.92 Å². The Morgan fingerprint density at radius 3 is 2.56 bits per heavy atom. The molecule has 0 bridgehead atoms. The number of hydrogen-bond donors (Lipinski definition) is 0. The Labute approximate surface area is 109 Å². The summed E-state index contributed by atoms with van der Waals surface area (Å²) in [5, 5.41) is 5.51. The molecule has 0 saturated carbocycles. The molecule has 0 N–H and O–H groups in total. The van der Waals surface area contributed by atoms with Crippen LogP contribution in [0.5, 0.6) is 0 Å². The van der Waals surface area contributed by atoms with Crippen LogP contribution in [0.4, 0.5) is 0 Å². The van der Waals surface area contributed by atoms with Gasteiger partial charge < -0.3 is 0 Å². The Kier molecular flexibility index (Phi) is 2.00. The summed E-state index contributed by atoms with van der Waals surface area (Å²) < 4.78 is 2.76. The first kappa shape index (κ1) is 10.1. The highest BCUT2D eigenvalue weighted by Crippen LogP contribution is 2.38. The topological polar surface area (TPSA) is 0 Å². The van der Waals surface area contributed by atoms with Gasteiger partial charge in [-0.15, -0.1) is 11.3 Å². The Morgan fingerprint density at radius 2 is 1.61 bits per heavy atom. The lowest BCUT2D eigenvalue weighted by Crippen LogP contribution is -1.76. The first-order chi connectivity index (χ1) is 8.83. The van der Waals surface area contributed by atoms with Crippen molar-refractivity contribution in [2.45, 2.75) is 6.92 Å². The van der Waals surface area contributed by atoms with Crippen molar-refractivity contribution in [3.05, 3.63) is 60.2 Å². The van der Waals surface area contributed by atoms with Gasteiger partial charge in [-0.1, -0.05) is 48.0 Å². The van der Waals surface area contributed by atoms with Crippen molar-refractivity contribution < 1.29 is 0 Å². The third kappa shape index (κ3) is 1.31. The fraction of sp³-hybridized carbons (Fsp3) is 0.0588. The second kappa shape index (κ2) is 3.56. The lowest BCUT2D eigenvalue weighted by Gasteiger charge is -2.02. The number of fused-ring (bicyclic) bond motifs is 5. The predicted molar refractivity (Wildman–Crippen MR) is 81.6 cm³/mol. The molecule has 3 aromatic carbocycles. The van der Waals surface area contributed by atoms with Gasteiger partial charge >= 0.3 is 0 Å². The largest absolute Gasteiger partial charge is 0.135 e. The minimum atomic E-state index is 1.32. The van der Waals surface area contributed by atoms with Crippen molar-refractivity contribution in [3.8, 4) is 0 Å². The molecule has 1 aromatic heterocycles. The molecule has 0 fully saturated rings. The maximum atomic E-state index is 2.30. The van der Waals surface area contributed by atoms with Crippen LogP contribution < -0.4 is 0 Å². The smallest absolute Gasteiger partial charge is 0.0361 e. The quantitative estimate of drug-likeness (QED) is 0.384. The zero-order valence-corrected chi connectivity index (χ0v) is 10.9. The molecular weight excluding hydrogens is 236 g/mol. The van der Waals surface area contributed by atoms with Crippen molar-refractivity contribution in [1.29, 1.82) is 0 Å². The number of hydrogen-bond acceptors (Lipinski definition) is 1. The van der Waals surface area contributed by atoms with Gasteiger partial charge in [-0.2, -0.15) is 0 Å². The van der Waals surface area contributed by atoms with Gasteiger partial charge in [-0.3, -0.25) is 0 Å². The van der Waals surface area contributed by atoms with Crippen molar-refractivity contribution in [2.75, 3.05) is 0 Å². The van der Waals surface area contributed by atoms with Crippen molar-refractivity contribution in [2.24, 2.45) is 0 Å². The molecule has 4 aromatic rings. The number of benzene rings is 3. The van der Waals surface area contributed by atoms with E-state index in [1.807, 2.05) is 11.3 Å². The van der Waals surface area contributed by atoms with E-state index in [0.29, 0.717) is 0 Å². The fourth-order valence-electron chi connectivity index (χ4n) is 2.66. The maximum absolute atomic E-state index is 2.30. The van der Waals surface area contributed by atoms with Gasteiger partial charge in [0, 0.05) is 20.2 Å². The summed E-state index contributed by atoms with van der Waals surface area (Å²) in [5.74, 6) is 0. The molecule has 0 aliphatic carbocycles. The van der Waals surface area contributed by atoms with Crippen molar-refractivity contribution in [3.63, 3.8) is 0 Å². The first-order valence-electron chi connectivity index (χ1n) is 6.13. The molecular formula is C17H12S. The molecule has 0 nitrogen and oxygen atoms in total. The third-order valence-corrected chi connectivity index (χ3v) is 4.65. The van der Waals surface area contributed by atoms with E-state index in [-0.39, 0.29) is 0 Å². The van der Waals surface area contributed by atoms with E-state index < -0.39 is 0 Å². The highest BCUT2D eigenvalue weighted by atomic mass is 32.1. The van der Waals surface area contributed by atoms with Crippen LogP contribution in [0.3, 0.4) is 0 Å².